The molecular weight excluding hydrogens is 384 g/mol. The van der Waals surface area contributed by atoms with Crippen molar-refractivity contribution in [3.8, 4) is 22.6 Å². The zero-order valence-corrected chi connectivity index (χ0v) is 18.1. The molecule has 1 fully saturated rings. The molecule has 2 unspecified atom stereocenters. The highest BCUT2D eigenvalue weighted by molar-refractivity contribution is 6.38. The molecule has 1 heterocycles. The van der Waals surface area contributed by atoms with Crippen LogP contribution in [-0.4, -0.2) is 16.5 Å². The molecule has 4 rings (SSSR count). The van der Waals surface area contributed by atoms with E-state index in [9.17, 15) is 4.79 Å². The van der Waals surface area contributed by atoms with Crippen molar-refractivity contribution in [3.63, 3.8) is 0 Å². The molecular formula is C27H30N2O2. The van der Waals surface area contributed by atoms with Crippen LogP contribution in [0.3, 0.4) is 0 Å². The van der Waals surface area contributed by atoms with Gasteiger partial charge in [0.2, 0.25) is 0 Å². The number of carbonyl (C=O) groups is 1. The van der Waals surface area contributed by atoms with E-state index in [2.05, 4.69) is 6.92 Å². The van der Waals surface area contributed by atoms with E-state index in [1.807, 2.05) is 60.7 Å². The molecule has 3 aromatic rings. The first kappa shape index (κ1) is 21.2. The summed E-state index contributed by atoms with van der Waals surface area (Å²) in [5, 5.41) is 8.30. The quantitative estimate of drug-likeness (QED) is 0.415. The molecule has 4 nitrogen and oxygen atoms in total. The number of rotatable bonds is 8. The fraction of sp³-hybridized carbons (Fsp3) is 0.370. The van der Waals surface area contributed by atoms with E-state index < -0.39 is 0 Å². The summed E-state index contributed by atoms with van der Waals surface area (Å²) < 4.78 is 6.12. The highest BCUT2D eigenvalue weighted by Crippen LogP contribution is 2.34. The number of carbonyl (C=O) groups excluding carboxylic acids is 1. The minimum absolute atomic E-state index is 0.0847. The lowest BCUT2D eigenvalue weighted by Crippen LogP contribution is -2.24. The van der Waals surface area contributed by atoms with Gasteiger partial charge in [-0.2, -0.15) is 0 Å². The number of hydrogen-bond acceptors (Lipinski definition) is 4. The lowest BCUT2D eigenvalue weighted by molar-refractivity contribution is -0.113. The molecule has 160 valence electrons. The summed E-state index contributed by atoms with van der Waals surface area (Å²) in [4.78, 5) is 17.4. The van der Waals surface area contributed by atoms with Crippen LogP contribution in [0, 0.1) is 17.2 Å². The Morgan fingerprint density at radius 1 is 1.00 bits per heavy atom. The van der Waals surface area contributed by atoms with Gasteiger partial charge in [-0.15, -0.1) is 0 Å². The largest absolute Gasteiger partial charge is 0.440 e. The molecule has 2 atom stereocenters. The Kier molecular flexibility index (Phi) is 6.76. The van der Waals surface area contributed by atoms with E-state index in [4.69, 9.17) is 14.8 Å². The zero-order valence-electron chi connectivity index (χ0n) is 18.1. The van der Waals surface area contributed by atoms with E-state index >= 15 is 0 Å². The van der Waals surface area contributed by atoms with Crippen LogP contribution >= 0.6 is 0 Å². The van der Waals surface area contributed by atoms with Crippen molar-refractivity contribution in [1.82, 2.24) is 4.98 Å². The van der Waals surface area contributed by atoms with Crippen LogP contribution < -0.4 is 0 Å². The van der Waals surface area contributed by atoms with Gasteiger partial charge >= 0.3 is 0 Å². The maximum absolute atomic E-state index is 12.6. The molecule has 1 aromatic heterocycles. The average molecular weight is 415 g/mol. The van der Waals surface area contributed by atoms with Crippen LogP contribution in [-0.2, 0) is 11.2 Å². The van der Waals surface area contributed by atoms with Gasteiger partial charge in [0.05, 0.1) is 5.71 Å². The van der Waals surface area contributed by atoms with Crippen molar-refractivity contribution in [2.75, 3.05) is 0 Å². The normalized spacial score (nSPS) is 18.6. The molecule has 31 heavy (non-hydrogen) atoms. The third-order valence-corrected chi connectivity index (χ3v) is 6.41. The van der Waals surface area contributed by atoms with Crippen molar-refractivity contribution in [3.05, 3.63) is 66.6 Å². The van der Waals surface area contributed by atoms with Gasteiger partial charge in [-0.05, 0) is 24.7 Å². The van der Waals surface area contributed by atoms with Gasteiger partial charge in [-0.3, -0.25) is 4.79 Å². The Labute approximate surface area is 184 Å². The van der Waals surface area contributed by atoms with E-state index in [0.717, 1.165) is 29.0 Å². The Morgan fingerprint density at radius 2 is 1.65 bits per heavy atom. The number of ketones is 1. The molecule has 0 aliphatic heterocycles. The lowest BCUT2D eigenvalue weighted by Gasteiger charge is -2.28. The van der Waals surface area contributed by atoms with E-state index in [0.29, 0.717) is 30.6 Å². The van der Waals surface area contributed by atoms with Gasteiger partial charge in [0.25, 0.3) is 0 Å². The minimum Gasteiger partial charge on any atom is -0.440 e. The second-order valence-corrected chi connectivity index (χ2v) is 8.65. The third-order valence-electron chi connectivity index (χ3n) is 6.41. The van der Waals surface area contributed by atoms with Gasteiger partial charge in [-0.25, -0.2) is 4.98 Å². The standard InChI is InChI=1S/C27H30N2O2/c1-19-10-8-9-15-22(19)18-23(28)24(30)16-17-25-29-26(20-11-4-2-5-12-20)27(31-25)21-13-6-3-7-14-21/h2-7,11-14,19,22,28H,8-10,15-18H2,1H3. The molecule has 1 aliphatic rings. The van der Waals surface area contributed by atoms with Gasteiger partial charge in [0.15, 0.2) is 17.4 Å². The summed E-state index contributed by atoms with van der Waals surface area (Å²) in [5.74, 6) is 2.26. The first-order valence-corrected chi connectivity index (χ1v) is 11.3. The number of aryl methyl sites for hydroxylation is 1. The Balaban J connectivity index is 1.47. The molecule has 0 bridgehead atoms. The van der Waals surface area contributed by atoms with Crippen molar-refractivity contribution in [2.24, 2.45) is 11.8 Å². The van der Waals surface area contributed by atoms with E-state index in [-0.39, 0.29) is 17.9 Å². The van der Waals surface area contributed by atoms with Crippen LogP contribution in [0.2, 0.25) is 0 Å². The van der Waals surface area contributed by atoms with Crippen LogP contribution in [0.4, 0.5) is 0 Å². The molecule has 1 saturated carbocycles. The predicted octanol–water partition coefficient (Wildman–Crippen LogP) is 6.75. The second kappa shape index (κ2) is 9.86. The number of aromatic nitrogens is 1. The zero-order chi connectivity index (χ0) is 21.6. The Hall–Kier alpha value is -3.01. The first-order chi connectivity index (χ1) is 15.1. The van der Waals surface area contributed by atoms with Crippen LogP contribution in [0.5, 0.6) is 0 Å². The average Bonchev–Trinajstić information content (AvgIpc) is 3.24. The summed E-state index contributed by atoms with van der Waals surface area (Å²) in [6.45, 7) is 2.25. The van der Waals surface area contributed by atoms with Crippen molar-refractivity contribution in [1.29, 1.82) is 5.41 Å². The maximum Gasteiger partial charge on any atom is 0.195 e. The van der Waals surface area contributed by atoms with Crippen molar-refractivity contribution < 1.29 is 9.21 Å². The number of Topliss-reactive ketones (excluding diaryl/α,β-unsaturated/α-hetero) is 1. The molecule has 0 radical (unpaired) electrons. The van der Waals surface area contributed by atoms with Crippen molar-refractivity contribution >= 4 is 11.5 Å². The summed E-state index contributed by atoms with van der Waals surface area (Å²) >= 11 is 0. The highest BCUT2D eigenvalue weighted by atomic mass is 16.4. The lowest BCUT2D eigenvalue weighted by atomic mass is 9.77. The monoisotopic (exact) mass is 414 g/mol. The SMILES string of the molecule is CC1CCCCC1CC(=N)C(=O)CCc1nc(-c2ccccc2)c(-c2ccccc2)o1. The Morgan fingerprint density at radius 3 is 2.32 bits per heavy atom. The summed E-state index contributed by atoms with van der Waals surface area (Å²) in [6, 6.07) is 19.9. The fourth-order valence-corrected chi connectivity index (χ4v) is 4.49. The molecule has 1 N–H and O–H groups in total. The van der Waals surface area contributed by atoms with Crippen LogP contribution in [0.25, 0.3) is 22.6 Å². The van der Waals surface area contributed by atoms with Gasteiger partial charge in [0, 0.05) is 24.0 Å². The van der Waals surface area contributed by atoms with Crippen LogP contribution in [0.1, 0.15) is 51.3 Å². The Bertz CT molecular complexity index is 967. The maximum atomic E-state index is 12.6. The highest BCUT2D eigenvalue weighted by Gasteiger charge is 2.25. The van der Waals surface area contributed by atoms with E-state index in [1.165, 1.54) is 19.3 Å². The molecule has 0 amide bonds. The van der Waals surface area contributed by atoms with Gasteiger partial charge in [0.1, 0.15) is 5.69 Å². The summed E-state index contributed by atoms with van der Waals surface area (Å²) in [7, 11) is 0. The number of benzene rings is 2. The summed E-state index contributed by atoms with van der Waals surface area (Å²) in [5.41, 5.74) is 3.00. The number of nitrogens with zero attached hydrogens (tertiary/aromatic N) is 1. The fourth-order valence-electron chi connectivity index (χ4n) is 4.49. The first-order valence-electron chi connectivity index (χ1n) is 11.3. The summed E-state index contributed by atoms with van der Waals surface area (Å²) in [6.07, 6.45) is 6.13. The molecule has 2 aromatic carbocycles. The smallest absolute Gasteiger partial charge is 0.195 e. The molecule has 0 spiro atoms. The van der Waals surface area contributed by atoms with Gasteiger partial charge in [-0.1, -0.05) is 86.8 Å². The predicted molar refractivity (Wildman–Crippen MR) is 124 cm³/mol. The molecule has 0 saturated heterocycles. The van der Waals surface area contributed by atoms with Crippen LogP contribution in [0.15, 0.2) is 65.1 Å². The minimum atomic E-state index is -0.0847. The number of nitrogens with one attached hydrogen (secondary N) is 1. The molecule has 1 aliphatic carbocycles. The number of oxazole rings is 1. The second-order valence-electron chi connectivity index (χ2n) is 8.65. The number of hydrogen-bond donors (Lipinski definition) is 1. The van der Waals surface area contributed by atoms with Crippen molar-refractivity contribution in [2.45, 2.75) is 51.9 Å². The third kappa shape index (κ3) is 5.19. The molecule has 4 heteroatoms. The topological polar surface area (TPSA) is 67.0 Å². The van der Waals surface area contributed by atoms with E-state index in [1.54, 1.807) is 0 Å². The van der Waals surface area contributed by atoms with Gasteiger partial charge < -0.3 is 9.83 Å².